The van der Waals surface area contributed by atoms with E-state index in [2.05, 4.69) is 35.9 Å². The zero-order chi connectivity index (χ0) is 21.7. The molecular weight excluding hydrogens is 398 g/mol. The largest absolute Gasteiger partial charge is 0.370 e. The van der Waals surface area contributed by atoms with Gasteiger partial charge in [0.1, 0.15) is 5.52 Å². The van der Waals surface area contributed by atoms with Gasteiger partial charge in [0.25, 0.3) is 0 Å². The van der Waals surface area contributed by atoms with Gasteiger partial charge in [0.2, 0.25) is 0 Å². The Kier molecular flexibility index (Phi) is 3.82. The summed E-state index contributed by atoms with van der Waals surface area (Å²) in [6, 6.07) is 2.81. The van der Waals surface area contributed by atoms with Crippen LogP contribution < -0.4 is 0 Å². The Morgan fingerprint density at radius 1 is 1.09 bits per heavy atom. The minimum absolute atomic E-state index is 0.0784. The van der Waals surface area contributed by atoms with Gasteiger partial charge in [0.15, 0.2) is 0 Å². The summed E-state index contributed by atoms with van der Waals surface area (Å²) in [5, 5.41) is 4.61. The summed E-state index contributed by atoms with van der Waals surface area (Å²) < 4.78 is 8.51. The van der Waals surface area contributed by atoms with E-state index in [0.717, 1.165) is 29.6 Å². The second-order valence-corrected chi connectivity index (χ2v) is 11.5. The van der Waals surface area contributed by atoms with E-state index in [4.69, 9.17) is 19.7 Å². The molecule has 2 bridgehead atoms. The molecule has 0 spiro atoms. The van der Waals surface area contributed by atoms with E-state index in [1.165, 1.54) is 49.1 Å². The van der Waals surface area contributed by atoms with Crippen LogP contribution in [0.25, 0.3) is 11.0 Å². The van der Waals surface area contributed by atoms with Crippen LogP contribution in [0.1, 0.15) is 99.5 Å². The van der Waals surface area contributed by atoms with Gasteiger partial charge >= 0.3 is 0 Å². The first-order valence-corrected chi connectivity index (χ1v) is 12.2. The first-order valence-electron chi connectivity index (χ1n) is 12.2. The molecule has 1 saturated heterocycles. The summed E-state index contributed by atoms with van der Waals surface area (Å²) in [5.41, 5.74) is 7.35. The number of rotatable bonds is 4. The smallest absolute Gasteiger partial charge is 0.111 e. The minimum atomic E-state index is 0.0784. The lowest BCUT2D eigenvalue weighted by Crippen LogP contribution is -2.63. The fourth-order valence-electron chi connectivity index (χ4n) is 6.92. The van der Waals surface area contributed by atoms with Gasteiger partial charge in [-0.1, -0.05) is 6.92 Å². The van der Waals surface area contributed by atoms with E-state index in [1.54, 1.807) is 0 Å². The molecule has 4 saturated carbocycles. The summed E-state index contributed by atoms with van der Waals surface area (Å²) in [4.78, 5) is 15.0. The van der Waals surface area contributed by atoms with Crippen molar-refractivity contribution in [3.05, 3.63) is 47.3 Å². The Morgan fingerprint density at radius 2 is 1.91 bits per heavy atom. The third kappa shape index (κ3) is 2.88. The molecule has 4 heterocycles. The van der Waals surface area contributed by atoms with Crippen LogP contribution in [0.15, 0.2) is 24.7 Å². The van der Waals surface area contributed by atoms with Crippen molar-refractivity contribution in [3.8, 4) is 0 Å². The number of fused-ring (bicyclic) bond motifs is 1. The topological polar surface area (TPSA) is 65.7 Å². The molecule has 32 heavy (non-hydrogen) atoms. The second kappa shape index (κ2) is 6.37. The van der Waals surface area contributed by atoms with Crippen molar-refractivity contribution in [1.29, 1.82) is 0 Å². The van der Waals surface area contributed by atoms with Crippen LogP contribution in [0.5, 0.6) is 0 Å². The molecule has 0 unspecified atom stereocenters. The Balaban J connectivity index is 1.26. The lowest BCUT2D eigenvalue weighted by molar-refractivity contribution is -0.127. The molecule has 0 radical (unpaired) electrons. The maximum Gasteiger partial charge on any atom is 0.111 e. The highest BCUT2D eigenvalue weighted by Crippen LogP contribution is 2.73. The number of aryl methyl sites for hydroxylation is 1. The summed E-state index contributed by atoms with van der Waals surface area (Å²) in [5.74, 6) is 0.362. The highest BCUT2D eigenvalue weighted by atomic mass is 16.5. The number of ether oxygens (including phenoxy) is 1. The van der Waals surface area contributed by atoms with Crippen molar-refractivity contribution in [2.45, 2.75) is 95.3 Å². The van der Waals surface area contributed by atoms with Gasteiger partial charge in [-0.05, 0) is 70.3 Å². The molecule has 8 rings (SSSR count). The molecule has 0 N–H and O–H groups in total. The molecular formula is C26H31N5O. The quantitative estimate of drug-likeness (QED) is 0.561. The fraction of sp³-hybridized carbons (Fsp3) is 0.615. The normalized spacial score (nSPS) is 36.0. The van der Waals surface area contributed by atoms with Crippen molar-refractivity contribution >= 4 is 11.0 Å². The number of hydrogen-bond acceptors (Lipinski definition) is 5. The average Bonchev–Trinajstić information content (AvgIpc) is 3.45. The summed E-state index contributed by atoms with van der Waals surface area (Å²) in [6.07, 6.45) is 14.5. The molecule has 1 aliphatic heterocycles. The SMILES string of the molecule is Cc1cnc2c(C34CC(C)(C3)C4)nc([C@@H]3C[C@@H](C)O[C@@H](c4cnn(C5CC5)c4)C3)cc2n1. The van der Waals surface area contributed by atoms with Crippen molar-refractivity contribution in [3.63, 3.8) is 0 Å². The van der Waals surface area contributed by atoms with Crippen molar-refractivity contribution in [2.75, 3.05) is 0 Å². The molecule has 3 aromatic heterocycles. The average molecular weight is 430 g/mol. The minimum Gasteiger partial charge on any atom is -0.370 e. The lowest BCUT2D eigenvalue weighted by atomic mass is 9.35. The van der Waals surface area contributed by atoms with Crippen LogP contribution in [-0.4, -0.2) is 30.8 Å². The molecule has 3 aromatic rings. The number of hydrogen-bond donors (Lipinski definition) is 0. The first-order chi connectivity index (χ1) is 15.4. The van der Waals surface area contributed by atoms with E-state index < -0.39 is 0 Å². The summed E-state index contributed by atoms with van der Waals surface area (Å²) in [7, 11) is 0. The highest BCUT2D eigenvalue weighted by Gasteiger charge is 2.67. The number of aromatic nitrogens is 5. The molecule has 4 aliphatic carbocycles. The third-order valence-electron chi connectivity index (χ3n) is 8.31. The Bertz CT molecular complexity index is 1210. The zero-order valence-corrected chi connectivity index (χ0v) is 19.2. The summed E-state index contributed by atoms with van der Waals surface area (Å²) >= 11 is 0. The van der Waals surface area contributed by atoms with Crippen molar-refractivity contribution in [1.82, 2.24) is 24.7 Å². The zero-order valence-electron chi connectivity index (χ0n) is 19.2. The number of nitrogens with zero attached hydrogens (tertiary/aromatic N) is 5. The van der Waals surface area contributed by atoms with Crippen molar-refractivity contribution < 1.29 is 4.74 Å². The monoisotopic (exact) mass is 429 g/mol. The molecule has 6 nitrogen and oxygen atoms in total. The maximum absolute atomic E-state index is 6.39. The molecule has 3 atom stereocenters. The standard InChI is InChI=1S/C26H31N5O/c1-15-9-27-23-21(29-15)8-20(30-24(23)26-12-25(3,13-26)14-26)17-6-16(2)32-22(7-17)18-10-28-31(11-18)19-4-5-19/h8-11,16-17,19,22H,4-7,12-14H2,1-3H3/t16-,17-,22-,25?,26?/m1/s1. The van der Waals surface area contributed by atoms with Gasteiger partial charge < -0.3 is 4.74 Å². The van der Waals surface area contributed by atoms with Gasteiger partial charge in [-0.2, -0.15) is 5.10 Å². The number of pyridine rings is 1. The van der Waals surface area contributed by atoms with Crippen LogP contribution >= 0.6 is 0 Å². The van der Waals surface area contributed by atoms with Crippen molar-refractivity contribution in [2.24, 2.45) is 5.41 Å². The second-order valence-electron chi connectivity index (χ2n) is 11.5. The first kappa shape index (κ1) is 19.2. The molecule has 0 aromatic carbocycles. The van der Waals surface area contributed by atoms with Gasteiger partial charge in [0, 0.05) is 35.0 Å². The van der Waals surface area contributed by atoms with Crippen LogP contribution in [0.2, 0.25) is 0 Å². The third-order valence-corrected chi connectivity index (χ3v) is 8.31. The molecule has 6 heteroatoms. The Hall–Kier alpha value is -2.34. The fourth-order valence-corrected chi connectivity index (χ4v) is 6.92. The predicted molar refractivity (Wildman–Crippen MR) is 121 cm³/mol. The van der Waals surface area contributed by atoms with Crippen LogP contribution in [-0.2, 0) is 10.2 Å². The van der Waals surface area contributed by atoms with Crippen LogP contribution in [0, 0.1) is 12.3 Å². The van der Waals surface area contributed by atoms with E-state index in [1.807, 2.05) is 19.3 Å². The Morgan fingerprint density at radius 3 is 2.66 bits per heavy atom. The van der Waals surface area contributed by atoms with E-state index in [9.17, 15) is 0 Å². The molecule has 166 valence electrons. The van der Waals surface area contributed by atoms with E-state index in [-0.39, 0.29) is 17.6 Å². The summed E-state index contributed by atoms with van der Waals surface area (Å²) in [6.45, 7) is 6.62. The molecule has 5 fully saturated rings. The predicted octanol–water partition coefficient (Wildman–Crippen LogP) is 5.33. The molecule has 5 aliphatic rings. The molecule has 0 amide bonds. The van der Waals surface area contributed by atoms with E-state index in [0.29, 0.717) is 17.4 Å². The lowest BCUT2D eigenvalue weighted by Gasteiger charge is -2.69. The van der Waals surface area contributed by atoms with Gasteiger partial charge in [-0.3, -0.25) is 14.6 Å². The van der Waals surface area contributed by atoms with Gasteiger partial charge in [-0.25, -0.2) is 4.98 Å². The van der Waals surface area contributed by atoms with Crippen LogP contribution in [0.4, 0.5) is 0 Å². The maximum atomic E-state index is 6.39. The van der Waals surface area contributed by atoms with Crippen LogP contribution in [0.3, 0.4) is 0 Å². The highest BCUT2D eigenvalue weighted by molar-refractivity contribution is 5.79. The van der Waals surface area contributed by atoms with Gasteiger partial charge in [-0.15, -0.1) is 0 Å². The van der Waals surface area contributed by atoms with E-state index >= 15 is 0 Å². The Labute approximate surface area is 188 Å². The van der Waals surface area contributed by atoms with Gasteiger partial charge in [0.05, 0.1) is 41.4 Å².